The number of thiazole rings is 1. The highest BCUT2D eigenvalue weighted by molar-refractivity contribution is 7.16. The van der Waals surface area contributed by atoms with Crippen molar-refractivity contribution in [2.24, 2.45) is 5.92 Å². The van der Waals surface area contributed by atoms with Crippen LogP contribution in [0.3, 0.4) is 0 Å². The van der Waals surface area contributed by atoms with E-state index in [-0.39, 0.29) is 13.2 Å². The van der Waals surface area contributed by atoms with Gasteiger partial charge >= 0.3 is 0 Å². The van der Waals surface area contributed by atoms with Gasteiger partial charge in [-0.25, -0.2) is 4.98 Å². The SMILES string of the molecule is OCCC1CCN(c2nc(Cl)c(CO)s2)C1. The van der Waals surface area contributed by atoms with Crippen LogP contribution < -0.4 is 4.90 Å². The van der Waals surface area contributed by atoms with Gasteiger partial charge in [0.15, 0.2) is 5.13 Å². The summed E-state index contributed by atoms with van der Waals surface area (Å²) in [5.41, 5.74) is 0. The largest absolute Gasteiger partial charge is 0.396 e. The highest BCUT2D eigenvalue weighted by Gasteiger charge is 2.25. The first-order chi connectivity index (χ1) is 7.74. The number of anilines is 1. The lowest BCUT2D eigenvalue weighted by atomic mass is 10.1. The zero-order valence-corrected chi connectivity index (χ0v) is 10.5. The number of hydrogen-bond acceptors (Lipinski definition) is 5. The molecule has 4 nitrogen and oxygen atoms in total. The van der Waals surface area contributed by atoms with Crippen molar-refractivity contribution in [1.29, 1.82) is 0 Å². The van der Waals surface area contributed by atoms with Gasteiger partial charge in [-0.1, -0.05) is 22.9 Å². The molecule has 0 radical (unpaired) electrons. The molecule has 2 N–H and O–H groups in total. The lowest BCUT2D eigenvalue weighted by Crippen LogP contribution is -2.19. The number of halogens is 1. The molecule has 0 amide bonds. The molecule has 16 heavy (non-hydrogen) atoms. The van der Waals surface area contributed by atoms with Gasteiger partial charge in [0.1, 0.15) is 5.15 Å². The van der Waals surface area contributed by atoms with Gasteiger partial charge in [0, 0.05) is 19.7 Å². The molecule has 1 aromatic heterocycles. The second-order valence-corrected chi connectivity index (χ2v) is 5.40. The van der Waals surface area contributed by atoms with E-state index in [1.54, 1.807) is 0 Å². The second kappa shape index (κ2) is 5.31. The third-order valence-electron chi connectivity index (χ3n) is 2.88. The third kappa shape index (κ3) is 2.48. The van der Waals surface area contributed by atoms with Crippen molar-refractivity contribution in [2.75, 3.05) is 24.6 Å². The number of rotatable bonds is 4. The van der Waals surface area contributed by atoms with E-state index < -0.39 is 0 Å². The Bertz CT molecular complexity index is 359. The van der Waals surface area contributed by atoms with E-state index >= 15 is 0 Å². The first kappa shape index (κ1) is 12.1. The monoisotopic (exact) mass is 262 g/mol. The lowest BCUT2D eigenvalue weighted by molar-refractivity contribution is 0.263. The van der Waals surface area contributed by atoms with Crippen molar-refractivity contribution in [3.8, 4) is 0 Å². The number of aromatic nitrogens is 1. The first-order valence-electron chi connectivity index (χ1n) is 5.36. The van der Waals surface area contributed by atoms with Crippen LogP contribution in [0.2, 0.25) is 5.15 Å². The van der Waals surface area contributed by atoms with E-state index in [2.05, 4.69) is 9.88 Å². The number of aliphatic hydroxyl groups excluding tert-OH is 2. The fourth-order valence-electron chi connectivity index (χ4n) is 1.98. The van der Waals surface area contributed by atoms with Gasteiger partial charge in [0.2, 0.25) is 0 Å². The predicted octanol–water partition coefficient (Wildman–Crippen LogP) is 1.50. The third-order valence-corrected chi connectivity index (χ3v) is 4.40. The van der Waals surface area contributed by atoms with E-state index in [1.807, 2.05) is 0 Å². The summed E-state index contributed by atoms with van der Waals surface area (Å²) in [7, 11) is 0. The number of aliphatic hydroxyl groups is 2. The zero-order chi connectivity index (χ0) is 11.5. The Morgan fingerprint density at radius 1 is 1.50 bits per heavy atom. The molecule has 1 unspecified atom stereocenters. The maximum absolute atomic E-state index is 9.05. The fourth-order valence-corrected chi connectivity index (χ4v) is 3.13. The summed E-state index contributed by atoms with van der Waals surface area (Å²) in [4.78, 5) is 7.15. The highest BCUT2D eigenvalue weighted by Crippen LogP contribution is 2.33. The van der Waals surface area contributed by atoms with E-state index in [4.69, 9.17) is 21.8 Å². The molecule has 6 heteroatoms. The Kier molecular flexibility index (Phi) is 4.02. The van der Waals surface area contributed by atoms with Crippen LogP contribution in [0.4, 0.5) is 5.13 Å². The summed E-state index contributed by atoms with van der Waals surface area (Å²) >= 11 is 7.34. The van der Waals surface area contributed by atoms with Gasteiger partial charge in [-0.3, -0.25) is 0 Å². The van der Waals surface area contributed by atoms with Crippen LogP contribution in [0.5, 0.6) is 0 Å². The van der Waals surface area contributed by atoms with E-state index in [0.717, 1.165) is 35.9 Å². The normalized spacial score (nSPS) is 20.7. The quantitative estimate of drug-likeness (QED) is 0.863. The lowest BCUT2D eigenvalue weighted by Gasteiger charge is -2.14. The minimum absolute atomic E-state index is 0.0512. The summed E-state index contributed by atoms with van der Waals surface area (Å²) in [5.74, 6) is 0.547. The molecule has 1 aliphatic rings. The summed E-state index contributed by atoms with van der Waals surface area (Å²) in [5, 5.41) is 19.2. The molecule has 1 aromatic rings. The molecule has 0 spiro atoms. The molecule has 2 rings (SSSR count). The van der Waals surface area contributed by atoms with Crippen molar-refractivity contribution in [3.05, 3.63) is 10.0 Å². The molecule has 1 saturated heterocycles. The maximum atomic E-state index is 9.05. The van der Waals surface area contributed by atoms with Gasteiger partial charge in [0.05, 0.1) is 11.5 Å². The van der Waals surface area contributed by atoms with Crippen molar-refractivity contribution in [1.82, 2.24) is 4.98 Å². The number of nitrogens with zero attached hydrogens (tertiary/aromatic N) is 2. The fraction of sp³-hybridized carbons (Fsp3) is 0.700. The molecule has 1 fully saturated rings. The Morgan fingerprint density at radius 3 is 2.94 bits per heavy atom. The zero-order valence-electron chi connectivity index (χ0n) is 8.90. The molecule has 90 valence electrons. The topological polar surface area (TPSA) is 56.6 Å². The van der Waals surface area contributed by atoms with Gasteiger partial charge < -0.3 is 15.1 Å². The second-order valence-electron chi connectivity index (χ2n) is 3.98. The highest BCUT2D eigenvalue weighted by atomic mass is 35.5. The minimum atomic E-state index is -0.0512. The van der Waals surface area contributed by atoms with Crippen LogP contribution in [0.15, 0.2) is 0 Å². The van der Waals surface area contributed by atoms with Crippen LogP contribution in [0.1, 0.15) is 17.7 Å². The molecule has 0 bridgehead atoms. The standard InChI is InChI=1S/C10H15ClN2O2S/c11-9-8(6-15)16-10(12-9)13-3-1-7(5-13)2-4-14/h7,14-15H,1-6H2. The van der Waals surface area contributed by atoms with Gasteiger partial charge in [-0.05, 0) is 18.8 Å². The first-order valence-corrected chi connectivity index (χ1v) is 6.56. The van der Waals surface area contributed by atoms with Crippen molar-refractivity contribution in [3.63, 3.8) is 0 Å². The van der Waals surface area contributed by atoms with Gasteiger partial charge in [-0.2, -0.15) is 0 Å². The summed E-state index contributed by atoms with van der Waals surface area (Å²) < 4.78 is 0. The van der Waals surface area contributed by atoms with Crippen LogP contribution in [-0.2, 0) is 6.61 Å². The van der Waals surface area contributed by atoms with Crippen LogP contribution >= 0.6 is 22.9 Å². The van der Waals surface area contributed by atoms with Crippen LogP contribution in [0.25, 0.3) is 0 Å². The van der Waals surface area contributed by atoms with Gasteiger partial charge in [-0.15, -0.1) is 0 Å². The molecular weight excluding hydrogens is 248 g/mol. The van der Waals surface area contributed by atoms with Crippen molar-refractivity contribution >= 4 is 28.1 Å². The maximum Gasteiger partial charge on any atom is 0.187 e. The minimum Gasteiger partial charge on any atom is -0.396 e. The molecule has 2 heterocycles. The Balaban J connectivity index is 2.02. The molecule has 0 saturated carbocycles. The van der Waals surface area contributed by atoms with Gasteiger partial charge in [0.25, 0.3) is 0 Å². The average molecular weight is 263 g/mol. The summed E-state index contributed by atoms with van der Waals surface area (Å²) in [6, 6.07) is 0. The predicted molar refractivity (Wildman–Crippen MR) is 65.1 cm³/mol. The average Bonchev–Trinajstić information content (AvgIpc) is 2.85. The number of hydrogen-bond donors (Lipinski definition) is 2. The van der Waals surface area contributed by atoms with Crippen LogP contribution in [-0.4, -0.2) is 34.9 Å². The van der Waals surface area contributed by atoms with Crippen molar-refractivity contribution < 1.29 is 10.2 Å². The van der Waals surface area contributed by atoms with E-state index in [0.29, 0.717) is 11.1 Å². The Hall–Kier alpha value is -0.360. The molecule has 1 aliphatic heterocycles. The van der Waals surface area contributed by atoms with Crippen molar-refractivity contribution in [2.45, 2.75) is 19.4 Å². The summed E-state index contributed by atoms with van der Waals surface area (Å²) in [6.07, 6.45) is 1.94. The molecule has 0 aliphatic carbocycles. The Morgan fingerprint density at radius 2 is 2.31 bits per heavy atom. The van der Waals surface area contributed by atoms with E-state index in [9.17, 15) is 0 Å². The summed E-state index contributed by atoms with van der Waals surface area (Å²) in [6.45, 7) is 2.08. The van der Waals surface area contributed by atoms with E-state index in [1.165, 1.54) is 11.3 Å². The molecule has 0 aromatic carbocycles. The Labute approximate surface area is 103 Å². The molecule has 1 atom stereocenters. The van der Waals surface area contributed by atoms with Crippen LogP contribution in [0, 0.1) is 5.92 Å². The molecular formula is C10H15ClN2O2S. The smallest absolute Gasteiger partial charge is 0.187 e.